The number of sulfone groups is 1. The average molecular weight is 235 g/mol. The summed E-state index contributed by atoms with van der Waals surface area (Å²) in [6.45, 7) is 7.17. The molecule has 0 fully saturated rings. The minimum absolute atomic E-state index is 0.0224. The molecule has 1 unspecified atom stereocenters. The van der Waals surface area contributed by atoms with Crippen LogP contribution in [0.4, 0.5) is 0 Å². The summed E-state index contributed by atoms with van der Waals surface area (Å²) in [7, 11) is -3.07. The Morgan fingerprint density at radius 1 is 1.33 bits per heavy atom. The van der Waals surface area contributed by atoms with Gasteiger partial charge in [0, 0.05) is 12.2 Å². The Labute approximate surface area is 92.2 Å². The summed E-state index contributed by atoms with van der Waals surface area (Å²) in [5.41, 5.74) is 5.41. The highest BCUT2D eigenvalue weighted by atomic mass is 32.2. The number of nitrogens with two attached hydrogens (primary N) is 1. The summed E-state index contributed by atoms with van der Waals surface area (Å²) in [5, 5.41) is 0. The maximum Gasteiger partial charge on any atom is 0.151 e. The summed E-state index contributed by atoms with van der Waals surface area (Å²) in [6, 6.07) is -0.593. The van der Waals surface area contributed by atoms with Crippen molar-refractivity contribution < 1.29 is 13.2 Å². The Hall–Kier alpha value is -0.420. The van der Waals surface area contributed by atoms with E-state index < -0.39 is 15.9 Å². The molecule has 15 heavy (non-hydrogen) atoms. The monoisotopic (exact) mass is 235 g/mol. The van der Waals surface area contributed by atoms with Crippen LogP contribution in [0.3, 0.4) is 0 Å². The van der Waals surface area contributed by atoms with Crippen LogP contribution in [0, 0.1) is 5.41 Å². The fourth-order valence-electron chi connectivity index (χ4n) is 1.04. The van der Waals surface area contributed by atoms with Gasteiger partial charge < -0.3 is 5.73 Å². The highest BCUT2D eigenvalue weighted by molar-refractivity contribution is 7.91. The van der Waals surface area contributed by atoms with Crippen molar-refractivity contribution in [2.24, 2.45) is 11.1 Å². The number of rotatable bonds is 5. The van der Waals surface area contributed by atoms with Gasteiger partial charge in [-0.15, -0.1) is 0 Å². The highest BCUT2D eigenvalue weighted by Crippen LogP contribution is 2.19. The molecule has 0 aromatic heterocycles. The van der Waals surface area contributed by atoms with Crippen molar-refractivity contribution in [2.45, 2.75) is 40.2 Å². The number of hydrogen-bond acceptors (Lipinski definition) is 4. The minimum Gasteiger partial charge on any atom is -0.321 e. The zero-order valence-electron chi connectivity index (χ0n) is 9.91. The van der Waals surface area contributed by atoms with E-state index in [1.165, 1.54) is 0 Å². The van der Waals surface area contributed by atoms with Gasteiger partial charge >= 0.3 is 0 Å². The molecular formula is C10H21NO3S. The van der Waals surface area contributed by atoms with Crippen LogP contribution in [0.15, 0.2) is 0 Å². The van der Waals surface area contributed by atoms with Crippen LogP contribution in [-0.2, 0) is 14.6 Å². The topological polar surface area (TPSA) is 77.2 Å². The van der Waals surface area contributed by atoms with Gasteiger partial charge in [-0.3, -0.25) is 4.79 Å². The minimum atomic E-state index is -3.07. The van der Waals surface area contributed by atoms with Gasteiger partial charge in [-0.1, -0.05) is 27.7 Å². The lowest BCUT2D eigenvalue weighted by molar-refractivity contribution is -0.122. The fourth-order valence-corrected chi connectivity index (χ4v) is 1.84. The molecule has 0 aliphatic rings. The predicted molar refractivity (Wildman–Crippen MR) is 61.4 cm³/mol. The molecule has 0 heterocycles. The molecule has 0 aliphatic carbocycles. The first-order valence-corrected chi connectivity index (χ1v) is 6.91. The molecule has 1 atom stereocenters. The smallest absolute Gasteiger partial charge is 0.151 e. The maximum absolute atomic E-state index is 11.6. The van der Waals surface area contributed by atoms with E-state index in [-0.39, 0.29) is 29.1 Å². The van der Waals surface area contributed by atoms with E-state index in [0.29, 0.717) is 0 Å². The standard InChI is InChI=1S/C10H21NO3S/c1-5-15(13,14)7-6-8(12)9(11)10(2,3)4/h9H,5-7,11H2,1-4H3. The first-order valence-electron chi connectivity index (χ1n) is 5.09. The molecule has 0 rings (SSSR count). The van der Waals surface area contributed by atoms with Crippen molar-refractivity contribution in [3.63, 3.8) is 0 Å². The Bertz CT molecular complexity index is 314. The number of carbonyl (C=O) groups excluding carboxylic acids is 1. The molecule has 5 heteroatoms. The number of carbonyl (C=O) groups is 1. The van der Waals surface area contributed by atoms with Crippen molar-refractivity contribution in [1.29, 1.82) is 0 Å². The van der Waals surface area contributed by atoms with Crippen molar-refractivity contribution >= 4 is 15.6 Å². The molecule has 4 nitrogen and oxygen atoms in total. The second-order valence-electron chi connectivity index (χ2n) is 4.80. The van der Waals surface area contributed by atoms with E-state index in [1.807, 2.05) is 20.8 Å². The van der Waals surface area contributed by atoms with Crippen molar-refractivity contribution in [3.05, 3.63) is 0 Å². The summed E-state index contributed by atoms with van der Waals surface area (Å²) >= 11 is 0. The number of ketones is 1. The van der Waals surface area contributed by atoms with Gasteiger partial charge in [-0.05, 0) is 5.41 Å². The Kier molecular flexibility index (Phi) is 4.93. The molecule has 2 N–H and O–H groups in total. The van der Waals surface area contributed by atoms with Crippen LogP contribution in [-0.4, -0.2) is 31.7 Å². The molecule has 0 saturated carbocycles. The van der Waals surface area contributed by atoms with Crippen LogP contribution >= 0.6 is 0 Å². The lowest BCUT2D eigenvalue weighted by atomic mass is 9.84. The molecule has 0 spiro atoms. The van der Waals surface area contributed by atoms with Gasteiger partial charge in [0.05, 0.1) is 11.8 Å². The second kappa shape index (κ2) is 5.07. The van der Waals surface area contributed by atoms with Crippen LogP contribution in [0.25, 0.3) is 0 Å². The van der Waals surface area contributed by atoms with Crippen LogP contribution < -0.4 is 5.73 Å². The summed E-state index contributed by atoms with van der Waals surface area (Å²) < 4.78 is 22.4. The Morgan fingerprint density at radius 3 is 2.13 bits per heavy atom. The van der Waals surface area contributed by atoms with E-state index in [2.05, 4.69) is 0 Å². The average Bonchev–Trinajstić information content (AvgIpc) is 2.11. The number of Topliss-reactive ketones (excluding diaryl/α,β-unsaturated/α-hetero) is 1. The zero-order chi connectivity index (χ0) is 12.3. The van der Waals surface area contributed by atoms with E-state index in [4.69, 9.17) is 5.73 Å². The van der Waals surface area contributed by atoms with Gasteiger partial charge in [0.1, 0.15) is 9.84 Å². The lowest BCUT2D eigenvalue weighted by Gasteiger charge is -2.25. The molecule has 0 bridgehead atoms. The molecular weight excluding hydrogens is 214 g/mol. The molecule has 0 radical (unpaired) electrons. The van der Waals surface area contributed by atoms with Gasteiger partial charge in [0.2, 0.25) is 0 Å². The van der Waals surface area contributed by atoms with Crippen LogP contribution in [0.5, 0.6) is 0 Å². The van der Waals surface area contributed by atoms with E-state index in [0.717, 1.165) is 0 Å². The summed E-state index contributed by atoms with van der Waals surface area (Å²) in [6.07, 6.45) is 0.0224. The SMILES string of the molecule is CCS(=O)(=O)CCC(=O)C(N)C(C)(C)C. The third-order valence-corrected chi connectivity index (χ3v) is 4.08. The van der Waals surface area contributed by atoms with Gasteiger partial charge in [0.25, 0.3) is 0 Å². The zero-order valence-corrected chi connectivity index (χ0v) is 10.7. The van der Waals surface area contributed by atoms with E-state index in [9.17, 15) is 13.2 Å². The first kappa shape index (κ1) is 14.6. The van der Waals surface area contributed by atoms with Crippen molar-refractivity contribution in [2.75, 3.05) is 11.5 Å². The second-order valence-corrected chi connectivity index (χ2v) is 7.27. The van der Waals surface area contributed by atoms with Crippen molar-refractivity contribution in [3.8, 4) is 0 Å². The summed E-state index contributed by atoms with van der Waals surface area (Å²) in [5.74, 6) is -0.198. The van der Waals surface area contributed by atoms with Crippen LogP contribution in [0.1, 0.15) is 34.1 Å². The molecule has 0 aromatic carbocycles. The van der Waals surface area contributed by atoms with E-state index >= 15 is 0 Å². The van der Waals surface area contributed by atoms with Gasteiger partial charge in [-0.2, -0.15) is 0 Å². The van der Waals surface area contributed by atoms with Crippen molar-refractivity contribution in [1.82, 2.24) is 0 Å². The molecule has 90 valence electrons. The normalized spacial score (nSPS) is 15.0. The number of hydrogen-bond donors (Lipinski definition) is 1. The van der Waals surface area contributed by atoms with Crippen LogP contribution in [0.2, 0.25) is 0 Å². The lowest BCUT2D eigenvalue weighted by Crippen LogP contribution is -2.42. The van der Waals surface area contributed by atoms with Gasteiger partial charge in [-0.25, -0.2) is 8.42 Å². The highest BCUT2D eigenvalue weighted by Gasteiger charge is 2.27. The Morgan fingerprint density at radius 2 is 1.80 bits per heavy atom. The fraction of sp³-hybridized carbons (Fsp3) is 0.900. The van der Waals surface area contributed by atoms with E-state index in [1.54, 1.807) is 6.92 Å². The first-order chi connectivity index (χ1) is 6.60. The third kappa shape index (κ3) is 5.28. The summed E-state index contributed by atoms with van der Waals surface area (Å²) in [4.78, 5) is 11.6. The third-order valence-electron chi connectivity index (χ3n) is 2.38. The Balaban J connectivity index is 4.29. The predicted octanol–water partition coefficient (Wildman–Crippen LogP) is 0.754. The maximum atomic E-state index is 11.6. The quantitative estimate of drug-likeness (QED) is 0.763. The molecule has 0 aromatic rings. The molecule has 0 amide bonds. The molecule has 0 aliphatic heterocycles. The largest absolute Gasteiger partial charge is 0.321 e. The van der Waals surface area contributed by atoms with Gasteiger partial charge in [0.15, 0.2) is 5.78 Å². The molecule has 0 saturated heterocycles.